The zero-order chi connectivity index (χ0) is 29.1. The molecule has 0 aromatic heterocycles. The van der Waals surface area contributed by atoms with Crippen molar-refractivity contribution in [3.05, 3.63) is 90.0 Å². The number of amides is 1. The summed E-state index contributed by atoms with van der Waals surface area (Å²) < 4.78 is 5.75. The number of ketones is 1. The number of likely N-dealkylation sites (tertiary alicyclic amines) is 1. The van der Waals surface area contributed by atoms with E-state index in [0.717, 1.165) is 74.4 Å². The van der Waals surface area contributed by atoms with Crippen LogP contribution in [-0.4, -0.2) is 61.1 Å². The molecule has 3 N–H and O–H groups in total. The molecule has 1 aliphatic heterocycles. The normalized spacial score (nSPS) is 14.5. The summed E-state index contributed by atoms with van der Waals surface area (Å²) in [5.41, 5.74) is 4.77. The molecule has 0 saturated carbocycles. The molecule has 7 nitrogen and oxygen atoms in total. The lowest BCUT2D eigenvalue weighted by molar-refractivity contribution is 0.0593. The van der Waals surface area contributed by atoms with E-state index >= 15 is 0 Å². The fourth-order valence-corrected chi connectivity index (χ4v) is 4.82. The number of carbonyl (C=O) groups is 2. The molecule has 0 bridgehead atoms. The van der Waals surface area contributed by atoms with Crippen molar-refractivity contribution >= 4 is 17.6 Å². The predicted molar refractivity (Wildman–Crippen MR) is 166 cm³/mol. The average Bonchev–Trinajstić information content (AvgIpc) is 3.00. The van der Waals surface area contributed by atoms with Crippen molar-refractivity contribution in [2.75, 3.05) is 38.0 Å². The van der Waals surface area contributed by atoms with Crippen molar-refractivity contribution in [1.29, 1.82) is 0 Å². The number of para-hydroxylation sites is 1. The van der Waals surface area contributed by atoms with Gasteiger partial charge in [-0.2, -0.15) is 0 Å². The molecule has 218 valence electrons. The molecule has 1 aliphatic rings. The molecule has 1 saturated heterocycles. The second kappa shape index (κ2) is 14.9. The molecule has 0 aliphatic carbocycles. The third-order valence-electron chi connectivity index (χ3n) is 7.88. The van der Waals surface area contributed by atoms with Crippen molar-refractivity contribution in [3.63, 3.8) is 0 Å². The van der Waals surface area contributed by atoms with Crippen LogP contribution in [0, 0.1) is 0 Å². The van der Waals surface area contributed by atoms with Crippen LogP contribution in [0.5, 0.6) is 0 Å². The number of benzene rings is 3. The van der Waals surface area contributed by atoms with Gasteiger partial charge in [0.2, 0.25) is 0 Å². The lowest BCUT2D eigenvalue weighted by Gasteiger charge is -2.31. The minimum atomic E-state index is -0.416. The van der Waals surface area contributed by atoms with Crippen LogP contribution in [0.1, 0.15) is 56.0 Å². The topological polar surface area (TPSA) is 82.7 Å². The van der Waals surface area contributed by atoms with Crippen molar-refractivity contribution in [3.8, 4) is 11.1 Å². The number of hydrogen-bond donors (Lipinski definition) is 3. The molecule has 1 heterocycles. The van der Waals surface area contributed by atoms with E-state index in [1.54, 1.807) is 0 Å². The Bertz CT molecular complexity index is 1250. The highest BCUT2D eigenvalue weighted by Crippen LogP contribution is 2.28. The van der Waals surface area contributed by atoms with Crippen molar-refractivity contribution in [2.45, 2.75) is 58.2 Å². The monoisotopic (exact) mass is 556 g/mol. The van der Waals surface area contributed by atoms with Crippen molar-refractivity contribution < 1.29 is 14.3 Å². The first-order valence-electron chi connectivity index (χ1n) is 14.8. The fourth-order valence-electron chi connectivity index (χ4n) is 4.82. The molecule has 7 heteroatoms. The van der Waals surface area contributed by atoms with E-state index in [-0.39, 0.29) is 17.4 Å². The molecule has 4 rings (SSSR count). The maximum absolute atomic E-state index is 12.6. The minimum Gasteiger partial charge on any atom is -0.446 e. The van der Waals surface area contributed by atoms with Gasteiger partial charge < -0.3 is 20.3 Å². The summed E-state index contributed by atoms with van der Waals surface area (Å²) in [5, 5.41) is 9.77. The summed E-state index contributed by atoms with van der Waals surface area (Å²) in [5.74, 6) is 0.102. The van der Waals surface area contributed by atoms with Gasteiger partial charge in [-0.15, -0.1) is 0 Å². The standard InChI is InChI=1S/C34H44N4O3/c1-4-34(2,3)36-24-26-14-16-28(17-15-26)32(39)25-35-20-23-38-21-18-29(19-22-38)41-33(40)37-31-13-9-8-12-30(31)27-10-6-5-7-11-27/h5-17,29,35-36H,4,18-25H2,1-3H3,(H,37,40). The maximum Gasteiger partial charge on any atom is 0.411 e. The highest BCUT2D eigenvalue weighted by atomic mass is 16.6. The summed E-state index contributed by atoms with van der Waals surface area (Å²) in [6.45, 7) is 11.0. The van der Waals surface area contributed by atoms with Gasteiger partial charge in [-0.05, 0) is 50.3 Å². The van der Waals surface area contributed by atoms with Crippen molar-refractivity contribution in [2.24, 2.45) is 0 Å². The van der Waals surface area contributed by atoms with Crippen LogP contribution in [-0.2, 0) is 11.3 Å². The molecule has 41 heavy (non-hydrogen) atoms. The summed E-state index contributed by atoms with van der Waals surface area (Å²) >= 11 is 0. The summed E-state index contributed by atoms with van der Waals surface area (Å²) in [4.78, 5) is 27.6. The number of rotatable bonds is 13. The first-order valence-corrected chi connectivity index (χ1v) is 14.8. The van der Waals surface area contributed by atoms with Crippen LogP contribution in [0.2, 0.25) is 0 Å². The largest absolute Gasteiger partial charge is 0.446 e. The van der Waals surface area contributed by atoms with Crippen LogP contribution in [0.4, 0.5) is 10.5 Å². The molecular formula is C34H44N4O3. The molecule has 3 aromatic carbocycles. The van der Waals surface area contributed by atoms with Gasteiger partial charge >= 0.3 is 6.09 Å². The van der Waals surface area contributed by atoms with Gasteiger partial charge in [0.1, 0.15) is 6.10 Å². The third kappa shape index (κ3) is 9.52. The number of piperidine rings is 1. The van der Waals surface area contributed by atoms with Gasteiger partial charge in [0.05, 0.1) is 12.2 Å². The Labute approximate surface area is 244 Å². The molecular weight excluding hydrogens is 512 g/mol. The lowest BCUT2D eigenvalue weighted by atomic mass is 10.0. The first-order chi connectivity index (χ1) is 19.8. The van der Waals surface area contributed by atoms with Crippen LogP contribution < -0.4 is 16.0 Å². The van der Waals surface area contributed by atoms with E-state index in [0.29, 0.717) is 6.54 Å². The van der Waals surface area contributed by atoms with Gasteiger partial charge in [0, 0.05) is 49.4 Å². The Hall–Kier alpha value is -3.52. The van der Waals surface area contributed by atoms with E-state index in [2.05, 4.69) is 41.6 Å². The van der Waals surface area contributed by atoms with Crippen LogP contribution >= 0.6 is 0 Å². The summed E-state index contributed by atoms with van der Waals surface area (Å²) in [7, 11) is 0. The van der Waals surface area contributed by atoms with Gasteiger partial charge in [-0.3, -0.25) is 10.1 Å². The van der Waals surface area contributed by atoms with E-state index in [9.17, 15) is 9.59 Å². The molecule has 1 fully saturated rings. The zero-order valence-corrected chi connectivity index (χ0v) is 24.6. The van der Waals surface area contributed by atoms with E-state index in [1.807, 2.05) is 78.9 Å². The predicted octanol–water partition coefficient (Wildman–Crippen LogP) is 6.12. The number of ether oxygens (including phenoxy) is 1. The Morgan fingerprint density at radius 1 is 0.927 bits per heavy atom. The number of nitrogens with zero attached hydrogens (tertiary/aromatic N) is 1. The molecule has 0 radical (unpaired) electrons. The minimum absolute atomic E-state index is 0.101. The van der Waals surface area contributed by atoms with Gasteiger partial charge in [0.15, 0.2) is 5.78 Å². The Kier molecular flexibility index (Phi) is 11.1. The van der Waals surface area contributed by atoms with Crippen molar-refractivity contribution in [1.82, 2.24) is 15.5 Å². The highest BCUT2D eigenvalue weighted by molar-refractivity contribution is 5.97. The Balaban J connectivity index is 1.12. The molecule has 0 atom stereocenters. The molecule has 0 spiro atoms. The molecule has 0 unspecified atom stereocenters. The number of carbonyl (C=O) groups excluding carboxylic acids is 2. The maximum atomic E-state index is 12.6. The SMILES string of the molecule is CCC(C)(C)NCc1ccc(C(=O)CNCCN2CCC(OC(=O)Nc3ccccc3-c3ccccc3)CC2)cc1. The van der Waals surface area contributed by atoms with E-state index in [4.69, 9.17) is 4.74 Å². The van der Waals surface area contributed by atoms with E-state index in [1.165, 1.54) is 5.56 Å². The molecule has 3 aromatic rings. The van der Waals surface area contributed by atoms with Crippen LogP contribution in [0.15, 0.2) is 78.9 Å². The zero-order valence-electron chi connectivity index (χ0n) is 24.6. The Morgan fingerprint density at radius 3 is 2.32 bits per heavy atom. The van der Waals surface area contributed by atoms with Gasteiger partial charge in [-0.25, -0.2) is 4.79 Å². The quantitative estimate of drug-likeness (QED) is 0.174. The van der Waals surface area contributed by atoms with Crippen LogP contribution in [0.25, 0.3) is 11.1 Å². The number of hydrogen-bond acceptors (Lipinski definition) is 6. The second-order valence-corrected chi connectivity index (χ2v) is 11.4. The second-order valence-electron chi connectivity index (χ2n) is 11.4. The Morgan fingerprint density at radius 2 is 1.61 bits per heavy atom. The number of Topliss-reactive ketones (excluding diaryl/α,β-unsaturated/α-hetero) is 1. The number of nitrogens with one attached hydrogen (secondary N) is 3. The summed E-state index contributed by atoms with van der Waals surface area (Å²) in [6.07, 6.45) is 2.13. The third-order valence-corrected chi connectivity index (χ3v) is 7.88. The average molecular weight is 557 g/mol. The van der Waals surface area contributed by atoms with Crippen LogP contribution in [0.3, 0.4) is 0 Å². The smallest absolute Gasteiger partial charge is 0.411 e. The molecule has 1 amide bonds. The summed E-state index contributed by atoms with van der Waals surface area (Å²) in [6, 6.07) is 25.6. The number of anilines is 1. The lowest BCUT2D eigenvalue weighted by Crippen LogP contribution is -2.42. The van der Waals surface area contributed by atoms with Gasteiger partial charge in [-0.1, -0.05) is 79.7 Å². The highest BCUT2D eigenvalue weighted by Gasteiger charge is 2.22. The fraction of sp³-hybridized carbons (Fsp3) is 0.412. The van der Waals surface area contributed by atoms with E-state index < -0.39 is 6.09 Å². The van der Waals surface area contributed by atoms with Gasteiger partial charge in [0.25, 0.3) is 0 Å². The first kappa shape index (κ1) is 30.4.